The van der Waals surface area contributed by atoms with E-state index in [9.17, 15) is 19.2 Å². The van der Waals surface area contributed by atoms with Crippen LogP contribution in [0.1, 0.15) is 72.1 Å². The van der Waals surface area contributed by atoms with Crippen molar-refractivity contribution in [1.82, 2.24) is 10.2 Å². The molecule has 29 heavy (non-hydrogen) atoms. The lowest BCUT2D eigenvalue weighted by molar-refractivity contribution is -0.142. The number of ketones is 1. The molecule has 7 heteroatoms. The van der Waals surface area contributed by atoms with E-state index in [-0.39, 0.29) is 47.8 Å². The highest BCUT2D eigenvalue weighted by Gasteiger charge is 2.37. The van der Waals surface area contributed by atoms with Gasteiger partial charge in [0.05, 0.1) is 6.04 Å². The summed E-state index contributed by atoms with van der Waals surface area (Å²) in [4.78, 5) is 52.1. The molecule has 5 atom stereocenters. The average molecular weight is 408 g/mol. The van der Waals surface area contributed by atoms with Gasteiger partial charge in [0.2, 0.25) is 17.7 Å². The summed E-state index contributed by atoms with van der Waals surface area (Å²) < 4.78 is 0. The van der Waals surface area contributed by atoms with Crippen molar-refractivity contribution in [3.8, 4) is 0 Å². The Balaban J connectivity index is 2.28. The van der Waals surface area contributed by atoms with Crippen LogP contribution >= 0.6 is 0 Å². The van der Waals surface area contributed by atoms with Gasteiger partial charge >= 0.3 is 0 Å². The standard InChI is InChI=1S/C22H37N3O4/c1-13(2)9-18-19(26)12-15(20(23)27)10-16-11-17(24-21(16)28)8-6-5-7-14(3)22(29)25(18)4/h13-18H,5-12H2,1-4H3,(H2,23,27)(H,24,28)/t14-,15+,16+,17+,18-/m0/s1. The van der Waals surface area contributed by atoms with Gasteiger partial charge in [0.15, 0.2) is 5.78 Å². The van der Waals surface area contributed by atoms with Crippen molar-refractivity contribution in [3.05, 3.63) is 0 Å². The number of amides is 3. The third-order valence-corrected chi connectivity index (χ3v) is 6.45. The molecule has 0 aliphatic carbocycles. The number of likely N-dealkylation sites (N-methyl/N-ethyl adjacent to an activating group) is 1. The molecular weight excluding hydrogens is 370 g/mol. The molecule has 2 bridgehead atoms. The van der Waals surface area contributed by atoms with Crippen molar-refractivity contribution >= 4 is 23.5 Å². The second-order valence-electron chi connectivity index (χ2n) is 9.42. The van der Waals surface area contributed by atoms with Gasteiger partial charge in [-0.2, -0.15) is 0 Å². The molecular formula is C22H37N3O4. The van der Waals surface area contributed by atoms with Crippen LogP contribution in [0.15, 0.2) is 0 Å². The van der Waals surface area contributed by atoms with Gasteiger partial charge in [0.25, 0.3) is 0 Å². The maximum absolute atomic E-state index is 13.1. The molecule has 0 aromatic rings. The van der Waals surface area contributed by atoms with Crippen molar-refractivity contribution in [2.75, 3.05) is 7.05 Å². The monoisotopic (exact) mass is 407 g/mol. The molecule has 2 rings (SSSR count). The highest BCUT2D eigenvalue weighted by Crippen LogP contribution is 2.29. The third-order valence-electron chi connectivity index (χ3n) is 6.45. The summed E-state index contributed by atoms with van der Waals surface area (Å²) in [5.74, 6) is -1.66. The second kappa shape index (κ2) is 10.2. The Hall–Kier alpha value is -1.92. The number of carbonyl (C=O) groups excluding carboxylic acids is 4. The maximum Gasteiger partial charge on any atom is 0.225 e. The van der Waals surface area contributed by atoms with Crippen LogP contribution in [0.2, 0.25) is 0 Å². The second-order valence-corrected chi connectivity index (χ2v) is 9.42. The fraction of sp³-hybridized carbons (Fsp3) is 0.818. The Kier molecular flexibility index (Phi) is 8.23. The zero-order valence-electron chi connectivity index (χ0n) is 18.3. The zero-order valence-corrected chi connectivity index (χ0v) is 18.3. The molecule has 3 N–H and O–H groups in total. The number of fused-ring (bicyclic) bond motifs is 2. The zero-order chi connectivity index (χ0) is 21.7. The van der Waals surface area contributed by atoms with Crippen LogP contribution in [-0.4, -0.2) is 47.5 Å². The maximum atomic E-state index is 13.1. The summed E-state index contributed by atoms with van der Waals surface area (Å²) in [5.41, 5.74) is 5.59. The Morgan fingerprint density at radius 2 is 1.83 bits per heavy atom. The number of nitrogens with zero attached hydrogens (tertiary/aromatic N) is 1. The Bertz CT molecular complexity index is 634. The summed E-state index contributed by atoms with van der Waals surface area (Å²) in [6.45, 7) is 5.94. The van der Waals surface area contributed by atoms with Gasteiger partial charge in [-0.3, -0.25) is 19.2 Å². The number of Topliss-reactive ketones (excluding diaryl/α,β-unsaturated/α-hetero) is 1. The van der Waals surface area contributed by atoms with E-state index in [1.54, 1.807) is 11.9 Å². The first-order chi connectivity index (χ1) is 13.6. The molecule has 7 nitrogen and oxygen atoms in total. The molecule has 0 radical (unpaired) electrons. The number of hydrogen-bond donors (Lipinski definition) is 2. The highest BCUT2D eigenvalue weighted by molar-refractivity contribution is 5.93. The first kappa shape index (κ1) is 23.4. The van der Waals surface area contributed by atoms with Gasteiger partial charge in [-0.25, -0.2) is 0 Å². The summed E-state index contributed by atoms with van der Waals surface area (Å²) in [7, 11) is 1.69. The molecule has 0 aromatic carbocycles. The number of rotatable bonds is 3. The number of nitrogens with one attached hydrogen (secondary N) is 1. The van der Waals surface area contributed by atoms with E-state index in [1.165, 1.54) is 0 Å². The smallest absolute Gasteiger partial charge is 0.225 e. The van der Waals surface area contributed by atoms with Crippen molar-refractivity contribution in [2.45, 2.75) is 84.2 Å². The molecule has 2 heterocycles. The summed E-state index contributed by atoms with van der Waals surface area (Å²) >= 11 is 0. The number of nitrogens with two attached hydrogens (primary N) is 1. The molecule has 0 aromatic heterocycles. The minimum atomic E-state index is -0.683. The van der Waals surface area contributed by atoms with Crippen LogP contribution in [-0.2, 0) is 19.2 Å². The lowest BCUT2D eigenvalue weighted by Gasteiger charge is -2.31. The van der Waals surface area contributed by atoms with Crippen LogP contribution in [0, 0.1) is 23.7 Å². The first-order valence-electron chi connectivity index (χ1n) is 11.0. The number of carbonyl (C=O) groups is 4. The molecule has 2 fully saturated rings. The van der Waals surface area contributed by atoms with Gasteiger partial charge in [0.1, 0.15) is 0 Å². The first-order valence-corrected chi connectivity index (χ1v) is 11.0. The van der Waals surface area contributed by atoms with Gasteiger partial charge in [-0.05, 0) is 38.0 Å². The minimum absolute atomic E-state index is 0.0207. The van der Waals surface area contributed by atoms with E-state index < -0.39 is 17.9 Å². The highest BCUT2D eigenvalue weighted by atomic mass is 16.2. The topological polar surface area (TPSA) is 110 Å². The fourth-order valence-corrected chi connectivity index (χ4v) is 4.66. The molecule has 3 amide bonds. The molecule has 0 spiro atoms. The van der Waals surface area contributed by atoms with Crippen LogP contribution in [0.5, 0.6) is 0 Å². The lowest BCUT2D eigenvalue weighted by Crippen LogP contribution is -2.46. The summed E-state index contributed by atoms with van der Waals surface area (Å²) in [6, 6.07) is -0.466. The number of primary amides is 1. The molecule has 2 aliphatic heterocycles. The van der Waals surface area contributed by atoms with E-state index in [0.29, 0.717) is 19.3 Å². The average Bonchev–Trinajstić information content (AvgIpc) is 2.99. The fourth-order valence-electron chi connectivity index (χ4n) is 4.66. The predicted octanol–water partition coefficient (Wildman–Crippen LogP) is 2.03. The third kappa shape index (κ3) is 6.28. The minimum Gasteiger partial charge on any atom is -0.369 e. The van der Waals surface area contributed by atoms with Crippen molar-refractivity contribution in [2.24, 2.45) is 29.4 Å². The van der Waals surface area contributed by atoms with Crippen LogP contribution < -0.4 is 11.1 Å². The van der Waals surface area contributed by atoms with Gasteiger partial charge in [0, 0.05) is 37.3 Å². The quantitative estimate of drug-likeness (QED) is 0.746. The SMILES string of the molecule is CC(C)C[C@H]1C(=O)C[C@H](C(N)=O)C[C@@H]2C[C@@H](CCCC[C@H](C)C(=O)N1C)NC2=O. The molecule has 2 saturated heterocycles. The van der Waals surface area contributed by atoms with E-state index in [4.69, 9.17) is 5.73 Å². The van der Waals surface area contributed by atoms with E-state index in [1.807, 2.05) is 20.8 Å². The number of hydrogen-bond acceptors (Lipinski definition) is 4. The molecule has 0 saturated carbocycles. The van der Waals surface area contributed by atoms with Crippen molar-refractivity contribution in [3.63, 3.8) is 0 Å². The molecule has 164 valence electrons. The predicted molar refractivity (Wildman–Crippen MR) is 111 cm³/mol. The van der Waals surface area contributed by atoms with E-state index >= 15 is 0 Å². The van der Waals surface area contributed by atoms with Gasteiger partial charge in [-0.1, -0.05) is 33.6 Å². The molecule has 2 aliphatic rings. The van der Waals surface area contributed by atoms with Crippen LogP contribution in [0.25, 0.3) is 0 Å². The lowest BCUT2D eigenvalue weighted by atomic mass is 9.85. The van der Waals surface area contributed by atoms with E-state index in [2.05, 4.69) is 5.32 Å². The van der Waals surface area contributed by atoms with Gasteiger partial charge < -0.3 is 16.0 Å². The van der Waals surface area contributed by atoms with Crippen LogP contribution in [0.3, 0.4) is 0 Å². The Morgan fingerprint density at radius 3 is 2.45 bits per heavy atom. The molecule has 0 unspecified atom stereocenters. The summed E-state index contributed by atoms with van der Waals surface area (Å²) in [6.07, 6.45) is 4.98. The van der Waals surface area contributed by atoms with Crippen molar-refractivity contribution in [1.29, 1.82) is 0 Å². The Labute approximate surface area is 174 Å². The normalized spacial score (nSPS) is 32.7. The van der Waals surface area contributed by atoms with Crippen LogP contribution in [0.4, 0.5) is 0 Å². The van der Waals surface area contributed by atoms with E-state index in [0.717, 1.165) is 25.7 Å². The van der Waals surface area contributed by atoms with Gasteiger partial charge in [-0.15, -0.1) is 0 Å². The van der Waals surface area contributed by atoms with Crippen molar-refractivity contribution < 1.29 is 19.2 Å². The largest absolute Gasteiger partial charge is 0.369 e. The Morgan fingerprint density at radius 1 is 1.17 bits per heavy atom. The summed E-state index contributed by atoms with van der Waals surface area (Å²) in [5, 5.41) is 3.02.